The summed E-state index contributed by atoms with van der Waals surface area (Å²) in [6, 6.07) is 7.07. The molecule has 32 heavy (non-hydrogen) atoms. The summed E-state index contributed by atoms with van der Waals surface area (Å²) in [7, 11) is -0.458. The van der Waals surface area contributed by atoms with E-state index in [0.29, 0.717) is 33.9 Å². The quantitative estimate of drug-likeness (QED) is 0.498. The number of H-pyrrole nitrogens is 1. The highest BCUT2D eigenvalue weighted by Crippen LogP contribution is 2.34. The number of carbonyl (C=O) groups excluding carboxylic acids is 1. The summed E-state index contributed by atoms with van der Waals surface area (Å²) in [4.78, 5) is 29.4. The Hall–Kier alpha value is -3.34. The predicted molar refractivity (Wildman–Crippen MR) is 125 cm³/mol. The fourth-order valence-corrected chi connectivity index (χ4v) is 3.95. The van der Waals surface area contributed by atoms with Crippen LogP contribution in [-0.4, -0.2) is 42.4 Å². The topological polar surface area (TPSA) is 129 Å². The third-order valence-electron chi connectivity index (χ3n) is 5.59. The van der Waals surface area contributed by atoms with Gasteiger partial charge in [-0.3, -0.25) is 23.7 Å². The van der Waals surface area contributed by atoms with Crippen molar-refractivity contribution in [1.82, 2.24) is 14.8 Å². The molecule has 0 atom stereocenters. The minimum Gasteiger partial charge on any atom is -0.353 e. The summed E-state index contributed by atoms with van der Waals surface area (Å²) in [5, 5.41) is 9.20. The van der Waals surface area contributed by atoms with Crippen molar-refractivity contribution in [2.45, 2.75) is 26.2 Å². The minimum absolute atomic E-state index is 0.00432. The van der Waals surface area contributed by atoms with Crippen molar-refractivity contribution in [1.29, 1.82) is 0 Å². The van der Waals surface area contributed by atoms with Gasteiger partial charge in [-0.15, -0.1) is 0 Å². The van der Waals surface area contributed by atoms with Gasteiger partial charge in [0.25, 0.3) is 5.56 Å². The average molecular weight is 459 g/mol. The SMILES string of the molecule is CCc1ccc(Nc2cc(NC(=O)C3CC3)nc3[nH]n(C)c(=O)c23)c(N(C)S(C)(=O)=O)c1. The second-order valence-electron chi connectivity index (χ2n) is 8.08. The number of fused-ring (bicyclic) bond motifs is 1. The molecule has 1 saturated carbocycles. The zero-order valence-corrected chi connectivity index (χ0v) is 19.2. The number of sulfonamides is 1. The molecule has 1 aromatic carbocycles. The smallest absolute Gasteiger partial charge is 0.277 e. The van der Waals surface area contributed by atoms with Crippen LogP contribution in [0.15, 0.2) is 29.1 Å². The number of aromatic nitrogens is 3. The molecule has 2 aromatic heterocycles. The number of aromatic amines is 1. The van der Waals surface area contributed by atoms with Gasteiger partial charge in [-0.05, 0) is 37.0 Å². The van der Waals surface area contributed by atoms with Gasteiger partial charge in [-0.1, -0.05) is 13.0 Å². The van der Waals surface area contributed by atoms with Crippen molar-refractivity contribution in [2.24, 2.45) is 13.0 Å². The third-order valence-corrected chi connectivity index (χ3v) is 6.78. The second-order valence-corrected chi connectivity index (χ2v) is 10.1. The molecule has 0 saturated heterocycles. The Bertz CT molecular complexity index is 1370. The molecule has 1 fully saturated rings. The number of hydrogen-bond acceptors (Lipinski definition) is 6. The monoisotopic (exact) mass is 458 g/mol. The number of nitrogens with one attached hydrogen (secondary N) is 3. The molecular formula is C21H26N6O4S. The highest BCUT2D eigenvalue weighted by molar-refractivity contribution is 7.92. The Balaban J connectivity index is 1.83. The number of hydrogen-bond donors (Lipinski definition) is 3. The molecule has 170 valence electrons. The fraction of sp³-hybridized carbons (Fsp3) is 0.381. The van der Waals surface area contributed by atoms with Crippen LogP contribution in [0.1, 0.15) is 25.3 Å². The van der Waals surface area contributed by atoms with Gasteiger partial charge >= 0.3 is 0 Å². The molecule has 1 aliphatic carbocycles. The number of benzene rings is 1. The lowest BCUT2D eigenvalue weighted by atomic mass is 10.1. The van der Waals surface area contributed by atoms with E-state index in [0.717, 1.165) is 31.1 Å². The van der Waals surface area contributed by atoms with E-state index in [4.69, 9.17) is 0 Å². The molecule has 11 heteroatoms. The standard InChI is InChI=1S/C21H26N6O4S/c1-5-12-6-9-14(16(10-12)27(3)32(4,30)31)22-15-11-17(24-20(28)13-7-8-13)23-19-18(15)21(29)26(2)25-19/h6,9-11,13H,5,7-8H2,1-4H3,(H3,22,23,24,25,28). The van der Waals surface area contributed by atoms with Gasteiger partial charge in [0.1, 0.15) is 11.2 Å². The van der Waals surface area contributed by atoms with Gasteiger partial charge in [-0.25, -0.2) is 13.4 Å². The maximum atomic E-state index is 12.7. The number of rotatable bonds is 7. The minimum atomic E-state index is -3.52. The molecule has 10 nitrogen and oxygen atoms in total. The van der Waals surface area contributed by atoms with Crippen LogP contribution >= 0.6 is 0 Å². The molecule has 3 N–H and O–H groups in total. The predicted octanol–water partition coefficient (Wildman–Crippen LogP) is 2.31. The van der Waals surface area contributed by atoms with Crippen molar-refractivity contribution in [2.75, 3.05) is 28.2 Å². The lowest BCUT2D eigenvalue weighted by molar-refractivity contribution is -0.117. The van der Waals surface area contributed by atoms with Crippen molar-refractivity contribution in [3.05, 3.63) is 40.2 Å². The van der Waals surface area contributed by atoms with E-state index in [2.05, 4.69) is 20.7 Å². The van der Waals surface area contributed by atoms with Gasteiger partial charge in [0, 0.05) is 26.1 Å². The summed E-state index contributed by atoms with van der Waals surface area (Å²) in [5.41, 5.74) is 2.36. The second kappa shape index (κ2) is 7.97. The Morgan fingerprint density at radius 3 is 2.62 bits per heavy atom. The van der Waals surface area contributed by atoms with Crippen LogP contribution in [0.25, 0.3) is 11.0 Å². The highest BCUT2D eigenvalue weighted by Gasteiger charge is 2.30. The molecule has 1 aliphatic rings. The van der Waals surface area contributed by atoms with Crippen molar-refractivity contribution in [3.63, 3.8) is 0 Å². The third kappa shape index (κ3) is 4.20. The molecule has 0 aliphatic heterocycles. The zero-order valence-electron chi connectivity index (χ0n) is 18.4. The van der Waals surface area contributed by atoms with E-state index >= 15 is 0 Å². The van der Waals surface area contributed by atoms with E-state index < -0.39 is 10.0 Å². The Morgan fingerprint density at radius 1 is 1.28 bits per heavy atom. The van der Waals surface area contributed by atoms with Crippen LogP contribution in [0.4, 0.5) is 22.9 Å². The molecule has 0 radical (unpaired) electrons. The molecule has 1 amide bonds. The molecule has 0 spiro atoms. The van der Waals surface area contributed by atoms with Crippen molar-refractivity contribution >= 4 is 49.8 Å². The number of aryl methyl sites for hydroxylation is 2. The Morgan fingerprint density at radius 2 is 2.00 bits per heavy atom. The lowest BCUT2D eigenvalue weighted by Crippen LogP contribution is -2.25. The van der Waals surface area contributed by atoms with Gasteiger partial charge in [-0.2, -0.15) is 0 Å². The molecule has 2 heterocycles. The fourth-order valence-electron chi connectivity index (χ4n) is 3.44. The number of pyridine rings is 1. The van der Waals surface area contributed by atoms with Crippen LogP contribution in [0, 0.1) is 5.92 Å². The summed E-state index contributed by atoms with van der Waals surface area (Å²) in [6.45, 7) is 1.98. The van der Waals surface area contributed by atoms with Crippen LogP contribution in [0.5, 0.6) is 0 Å². The number of nitrogens with zero attached hydrogens (tertiary/aromatic N) is 3. The Labute approximate surface area is 185 Å². The van der Waals surface area contributed by atoms with Crippen molar-refractivity contribution < 1.29 is 13.2 Å². The van der Waals surface area contributed by atoms with Crippen LogP contribution in [0.3, 0.4) is 0 Å². The summed E-state index contributed by atoms with van der Waals surface area (Å²) in [6.07, 6.45) is 3.58. The summed E-state index contributed by atoms with van der Waals surface area (Å²) >= 11 is 0. The number of amides is 1. The van der Waals surface area contributed by atoms with Gasteiger partial charge < -0.3 is 10.6 Å². The van der Waals surface area contributed by atoms with Gasteiger partial charge in [0.15, 0.2) is 5.65 Å². The summed E-state index contributed by atoms with van der Waals surface area (Å²) in [5.74, 6) is 0.197. The van der Waals surface area contributed by atoms with Gasteiger partial charge in [0.05, 0.1) is 23.3 Å². The Kier molecular flexibility index (Phi) is 5.45. The molecule has 0 bridgehead atoms. The van der Waals surface area contributed by atoms with Crippen LogP contribution in [0.2, 0.25) is 0 Å². The van der Waals surface area contributed by atoms with E-state index in [1.807, 2.05) is 13.0 Å². The maximum absolute atomic E-state index is 12.7. The molecule has 3 aromatic rings. The first kappa shape index (κ1) is 21.9. The maximum Gasteiger partial charge on any atom is 0.277 e. The van der Waals surface area contributed by atoms with Gasteiger partial charge in [0.2, 0.25) is 15.9 Å². The normalized spacial score (nSPS) is 13.9. The molecule has 0 unspecified atom stereocenters. The largest absolute Gasteiger partial charge is 0.353 e. The summed E-state index contributed by atoms with van der Waals surface area (Å²) < 4.78 is 27.0. The number of carbonyl (C=O) groups is 1. The first-order chi connectivity index (χ1) is 15.1. The molecule has 4 rings (SSSR count). The highest BCUT2D eigenvalue weighted by atomic mass is 32.2. The van der Waals surface area contributed by atoms with Crippen molar-refractivity contribution in [3.8, 4) is 0 Å². The number of anilines is 4. The van der Waals surface area contributed by atoms with E-state index in [1.54, 1.807) is 25.2 Å². The van der Waals surface area contributed by atoms with E-state index in [1.165, 1.54) is 16.0 Å². The van der Waals surface area contributed by atoms with E-state index in [9.17, 15) is 18.0 Å². The van der Waals surface area contributed by atoms with E-state index in [-0.39, 0.29) is 17.4 Å². The first-order valence-corrected chi connectivity index (χ1v) is 12.2. The average Bonchev–Trinajstić information content (AvgIpc) is 3.54. The van der Waals surface area contributed by atoms with Crippen LogP contribution < -0.4 is 20.5 Å². The zero-order chi connectivity index (χ0) is 23.2. The first-order valence-electron chi connectivity index (χ1n) is 10.3. The molecular weight excluding hydrogens is 432 g/mol. The lowest BCUT2D eigenvalue weighted by Gasteiger charge is -2.22. The van der Waals surface area contributed by atoms with Crippen LogP contribution in [-0.2, 0) is 28.3 Å².